The van der Waals surface area contributed by atoms with Crippen LogP contribution in [0.2, 0.25) is 0 Å². The summed E-state index contributed by atoms with van der Waals surface area (Å²) in [5, 5.41) is 3.86. The maximum absolute atomic E-state index is 13.5. The van der Waals surface area contributed by atoms with E-state index in [0.29, 0.717) is 26.3 Å². The molecular formula is C26H28FN3O3. The lowest BCUT2D eigenvalue weighted by molar-refractivity contribution is -0.137. The van der Waals surface area contributed by atoms with E-state index in [0.717, 1.165) is 23.4 Å². The molecule has 1 saturated heterocycles. The van der Waals surface area contributed by atoms with Crippen molar-refractivity contribution in [2.45, 2.75) is 25.8 Å². The van der Waals surface area contributed by atoms with Gasteiger partial charge in [0.25, 0.3) is 5.91 Å². The first-order chi connectivity index (χ1) is 15.8. The Morgan fingerprint density at radius 1 is 1.18 bits per heavy atom. The summed E-state index contributed by atoms with van der Waals surface area (Å²) in [6.45, 7) is 5.30. The second-order valence-electron chi connectivity index (χ2n) is 8.97. The summed E-state index contributed by atoms with van der Waals surface area (Å²) in [6, 6.07) is 15.5. The zero-order valence-corrected chi connectivity index (χ0v) is 18.9. The van der Waals surface area contributed by atoms with E-state index in [9.17, 15) is 14.0 Å². The van der Waals surface area contributed by atoms with Crippen LogP contribution in [0.1, 0.15) is 29.8 Å². The quantitative estimate of drug-likeness (QED) is 0.646. The Bertz CT molecular complexity index is 1160. The molecule has 0 unspecified atom stereocenters. The van der Waals surface area contributed by atoms with Gasteiger partial charge < -0.3 is 15.0 Å². The van der Waals surface area contributed by atoms with Crippen LogP contribution in [-0.2, 0) is 16.0 Å². The van der Waals surface area contributed by atoms with E-state index >= 15 is 0 Å². The van der Waals surface area contributed by atoms with Crippen LogP contribution in [0.4, 0.5) is 4.39 Å². The third-order valence-corrected chi connectivity index (χ3v) is 5.92. The molecule has 1 fully saturated rings. The lowest BCUT2D eigenvalue weighted by Crippen LogP contribution is -2.57. The zero-order chi connectivity index (χ0) is 23.4. The molecule has 0 radical (unpaired) electrons. The SMILES string of the molecule is CC(C)(NC(=O)c1cccc(F)c1)C(=O)N1CCOC[C@@H](Cc2cccc3ncccc23)C1. The molecule has 3 aromatic rings. The Hall–Kier alpha value is -3.32. The maximum atomic E-state index is 13.5. The van der Waals surface area contributed by atoms with Crippen LogP contribution in [-0.4, -0.2) is 53.5 Å². The van der Waals surface area contributed by atoms with E-state index < -0.39 is 17.3 Å². The number of hydrogen-bond acceptors (Lipinski definition) is 4. The van der Waals surface area contributed by atoms with Gasteiger partial charge >= 0.3 is 0 Å². The molecule has 4 rings (SSSR count). The highest BCUT2D eigenvalue weighted by atomic mass is 19.1. The van der Waals surface area contributed by atoms with Crippen LogP contribution in [0, 0.1) is 11.7 Å². The lowest BCUT2D eigenvalue weighted by atomic mass is 9.95. The van der Waals surface area contributed by atoms with Gasteiger partial charge in [-0.25, -0.2) is 4.39 Å². The molecule has 33 heavy (non-hydrogen) atoms. The Kier molecular flexibility index (Phi) is 6.70. The average molecular weight is 450 g/mol. The monoisotopic (exact) mass is 449 g/mol. The van der Waals surface area contributed by atoms with Crippen molar-refractivity contribution in [2.24, 2.45) is 5.92 Å². The van der Waals surface area contributed by atoms with Crippen molar-refractivity contribution in [3.8, 4) is 0 Å². The van der Waals surface area contributed by atoms with Crippen molar-refractivity contribution < 1.29 is 18.7 Å². The summed E-state index contributed by atoms with van der Waals surface area (Å²) in [4.78, 5) is 32.2. The summed E-state index contributed by atoms with van der Waals surface area (Å²) in [5.74, 6) is -1.07. The number of carbonyl (C=O) groups excluding carboxylic acids is 2. The second-order valence-corrected chi connectivity index (χ2v) is 8.97. The minimum atomic E-state index is -1.15. The standard InChI is InChI=1S/C26H28FN3O3/c1-26(2,29-24(31)20-7-3-8-21(27)15-20)25(32)30-12-13-33-17-18(16-30)14-19-6-4-10-23-22(19)9-5-11-28-23/h3-11,15,18H,12-14,16-17H2,1-2H3,(H,29,31)/t18-/m0/s1. The minimum absolute atomic E-state index is 0.108. The van der Waals surface area contributed by atoms with Crippen molar-refractivity contribution in [2.75, 3.05) is 26.3 Å². The smallest absolute Gasteiger partial charge is 0.252 e. The van der Waals surface area contributed by atoms with Crippen molar-refractivity contribution >= 4 is 22.7 Å². The number of fused-ring (bicyclic) bond motifs is 1. The van der Waals surface area contributed by atoms with Gasteiger partial charge in [-0.3, -0.25) is 14.6 Å². The fourth-order valence-electron chi connectivity index (χ4n) is 4.28. The topological polar surface area (TPSA) is 71.5 Å². The highest BCUT2D eigenvalue weighted by Crippen LogP contribution is 2.22. The van der Waals surface area contributed by atoms with Crippen LogP contribution < -0.4 is 5.32 Å². The number of benzene rings is 2. The molecule has 6 nitrogen and oxygen atoms in total. The molecule has 7 heteroatoms. The molecule has 1 aliphatic heterocycles. The van der Waals surface area contributed by atoms with Gasteiger partial charge in [0.15, 0.2) is 0 Å². The number of rotatable bonds is 5. The van der Waals surface area contributed by atoms with Gasteiger partial charge in [0.05, 0.1) is 18.7 Å². The summed E-state index contributed by atoms with van der Waals surface area (Å²) in [5.41, 5.74) is 1.14. The van der Waals surface area contributed by atoms with Gasteiger partial charge in [0.1, 0.15) is 11.4 Å². The summed E-state index contributed by atoms with van der Waals surface area (Å²) in [7, 11) is 0. The summed E-state index contributed by atoms with van der Waals surface area (Å²) in [6.07, 6.45) is 2.53. The normalized spacial score (nSPS) is 16.9. The largest absolute Gasteiger partial charge is 0.379 e. The first-order valence-corrected chi connectivity index (χ1v) is 11.1. The number of nitrogens with zero attached hydrogens (tertiary/aromatic N) is 2. The first kappa shape index (κ1) is 22.9. The van der Waals surface area contributed by atoms with E-state index in [4.69, 9.17) is 4.74 Å². The molecule has 0 bridgehead atoms. The van der Waals surface area contributed by atoms with E-state index in [2.05, 4.69) is 22.4 Å². The Labute approximate surface area is 192 Å². The average Bonchev–Trinajstić information content (AvgIpc) is 3.04. The van der Waals surface area contributed by atoms with E-state index in [-0.39, 0.29) is 17.4 Å². The van der Waals surface area contributed by atoms with Crippen LogP contribution >= 0.6 is 0 Å². The molecule has 1 aliphatic rings. The second kappa shape index (κ2) is 9.67. The lowest BCUT2D eigenvalue weighted by Gasteiger charge is -2.33. The highest BCUT2D eigenvalue weighted by Gasteiger charge is 2.35. The van der Waals surface area contributed by atoms with Crippen LogP contribution in [0.3, 0.4) is 0 Å². The van der Waals surface area contributed by atoms with Gasteiger partial charge in [0.2, 0.25) is 5.91 Å². The first-order valence-electron chi connectivity index (χ1n) is 11.1. The molecule has 2 amide bonds. The van der Waals surface area contributed by atoms with E-state index in [1.807, 2.05) is 18.2 Å². The predicted molar refractivity (Wildman–Crippen MR) is 124 cm³/mol. The highest BCUT2D eigenvalue weighted by molar-refractivity contribution is 5.99. The number of hydrogen-bond donors (Lipinski definition) is 1. The number of amides is 2. The molecule has 172 valence electrons. The summed E-state index contributed by atoms with van der Waals surface area (Å²) < 4.78 is 19.3. The Balaban J connectivity index is 1.47. The molecule has 2 heterocycles. The Morgan fingerprint density at radius 2 is 2.00 bits per heavy atom. The number of aromatic nitrogens is 1. The van der Waals surface area contributed by atoms with Crippen LogP contribution in [0.5, 0.6) is 0 Å². The van der Waals surface area contributed by atoms with Gasteiger partial charge in [-0.05, 0) is 56.2 Å². The minimum Gasteiger partial charge on any atom is -0.379 e. The van der Waals surface area contributed by atoms with E-state index in [1.54, 1.807) is 24.9 Å². The van der Waals surface area contributed by atoms with Crippen molar-refractivity contribution in [3.63, 3.8) is 0 Å². The molecule has 1 atom stereocenters. The molecule has 0 spiro atoms. The fourth-order valence-corrected chi connectivity index (χ4v) is 4.28. The van der Waals surface area contributed by atoms with Crippen molar-refractivity contribution in [1.29, 1.82) is 0 Å². The maximum Gasteiger partial charge on any atom is 0.252 e. The fraction of sp³-hybridized carbons (Fsp3) is 0.346. The molecule has 0 saturated carbocycles. The van der Waals surface area contributed by atoms with Gasteiger partial charge in [-0.15, -0.1) is 0 Å². The predicted octanol–water partition coefficient (Wildman–Crippen LogP) is 3.60. The zero-order valence-electron chi connectivity index (χ0n) is 18.9. The van der Waals surface area contributed by atoms with Crippen molar-refractivity contribution in [1.82, 2.24) is 15.2 Å². The molecule has 1 aromatic heterocycles. The number of halogens is 1. The number of pyridine rings is 1. The molecule has 0 aliphatic carbocycles. The third kappa shape index (κ3) is 5.37. The molecular weight excluding hydrogens is 421 g/mol. The van der Waals surface area contributed by atoms with E-state index in [1.165, 1.54) is 23.8 Å². The number of carbonyl (C=O) groups is 2. The van der Waals surface area contributed by atoms with Crippen molar-refractivity contribution in [3.05, 3.63) is 77.7 Å². The van der Waals surface area contributed by atoms with Gasteiger partial charge in [-0.1, -0.05) is 24.3 Å². The third-order valence-electron chi connectivity index (χ3n) is 5.92. The van der Waals surface area contributed by atoms with Crippen LogP contribution in [0.25, 0.3) is 10.9 Å². The molecule has 1 N–H and O–H groups in total. The molecule has 2 aromatic carbocycles. The van der Waals surface area contributed by atoms with Gasteiger partial charge in [0, 0.05) is 36.2 Å². The summed E-state index contributed by atoms with van der Waals surface area (Å²) >= 11 is 0. The van der Waals surface area contributed by atoms with Crippen LogP contribution in [0.15, 0.2) is 60.8 Å². The number of nitrogens with one attached hydrogen (secondary N) is 1. The Morgan fingerprint density at radius 3 is 2.82 bits per heavy atom. The van der Waals surface area contributed by atoms with Gasteiger partial charge in [-0.2, -0.15) is 0 Å². The number of ether oxygens (including phenoxy) is 1.